The van der Waals surface area contributed by atoms with Gasteiger partial charge in [-0.05, 0) is 25.0 Å². The Morgan fingerprint density at radius 1 is 1.19 bits per heavy atom. The number of furan rings is 1. The number of rotatable bonds is 6. The summed E-state index contributed by atoms with van der Waals surface area (Å²) in [5, 5.41) is 11.9. The molecule has 0 unspecified atom stereocenters. The van der Waals surface area contributed by atoms with Crippen molar-refractivity contribution < 1.29 is 23.9 Å². The fourth-order valence-electron chi connectivity index (χ4n) is 2.64. The van der Waals surface area contributed by atoms with Gasteiger partial charge in [0.2, 0.25) is 5.91 Å². The summed E-state index contributed by atoms with van der Waals surface area (Å²) in [7, 11) is 1.46. The first-order valence-corrected chi connectivity index (χ1v) is 8.22. The topological polar surface area (TPSA) is 99.9 Å². The quantitative estimate of drug-likeness (QED) is 0.827. The highest BCUT2D eigenvalue weighted by atomic mass is 16.4. The van der Waals surface area contributed by atoms with Crippen molar-refractivity contribution in [2.75, 3.05) is 18.9 Å². The van der Waals surface area contributed by atoms with Gasteiger partial charge in [0.05, 0.1) is 6.54 Å². The van der Waals surface area contributed by atoms with Crippen molar-refractivity contribution in [2.45, 2.75) is 27.2 Å². The number of carbonyl (C=O) groups is 3. The number of nitrogens with one attached hydrogen (secondary N) is 1. The lowest BCUT2D eigenvalue weighted by Gasteiger charge is -2.17. The van der Waals surface area contributed by atoms with Crippen LogP contribution in [0.25, 0.3) is 0 Å². The smallest absolute Gasteiger partial charge is 0.339 e. The second-order valence-corrected chi connectivity index (χ2v) is 6.08. The van der Waals surface area contributed by atoms with E-state index in [9.17, 15) is 14.4 Å². The van der Waals surface area contributed by atoms with Gasteiger partial charge < -0.3 is 19.7 Å². The molecule has 0 aliphatic rings. The van der Waals surface area contributed by atoms with Crippen LogP contribution in [0.15, 0.2) is 28.7 Å². The molecule has 7 heteroatoms. The van der Waals surface area contributed by atoms with Gasteiger partial charge in [0, 0.05) is 25.2 Å². The number of carboxylic acids is 1. The maximum Gasteiger partial charge on any atom is 0.339 e. The Morgan fingerprint density at radius 2 is 1.81 bits per heavy atom. The third-order valence-corrected chi connectivity index (χ3v) is 4.04. The fourth-order valence-corrected chi connectivity index (χ4v) is 2.64. The van der Waals surface area contributed by atoms with Gasteiger partial charge >= 0.3 is 5.97 Å². The van der Waals surface area contributed by atoms with Gasteiger partial charge in [0.15, 0.2) is 5.76 Å². The van der Waals surface area contributed by atoms with E-state index in [1.165, 1.54) is 18.0 Å². The molecule has 0 radical (unpaired) electrons. The summed E-state index contributed by atoms with van der Waals surface area (Å²) in [6.07, 6.45) is 0.353. The number of anilines is 1. The first kappa shape index (κ1) is 19.2. The lowest BCUT2D eigenvalue weighted by Crippen LogP contribution is -2.35. The molecule has 138 valence electrons. The molecular weight excluding hydrogens is 336 g/mol. The summed E-state index contributed by atoms with van der Waals surface area (Å²) in [5.74, 6) is -1.92. The van der Waals surface area contributed by atoms with E-state index in [-0.39, 0.29) is 29.5 Å². The van der Waals surface area contributed by atoms with E-state index in [4.69, 9.17) is 9.52 Å². The minimum atomic E-state index is -1.15. The lowest BCUT2D eigenvalue weighted by atomic mass is 10.1. The van der Waals surface area contributed by atoms with Gasteiger partial charge in [-0.15, -0.1) is 0 Å². The number of para-hydroxylation sites is 1. The van der Waals surface area contributed by atoms with Crippen molar-refractivity contribution in [1.29, 1.82) is 0 Å². The predicted molar refractivity (Wildman–Crippen MR) is 96.6 cm³/mol. The summed E-state index contributed by atoms with van der Waals surface area (Å²) < 4.78 is 5.34. The van der Waals surface area contributed by atoms with Crippen LogP contribution in [0.5, 0.6) is 0 Å². The Hall–Kier alpha value is -3.09. The highest BCUT2D eigenvalue weighted by Gasteiger charge is 2.23. The number of hydrogen-bond acceptors (Lipinski definition) is 4. The molecule has 2 aromatic rings. The zero-order valence-corrected chi connectivity index (χ0v) is 15.3. The Labute approximate surface area is 151 Å². The summed E-state index contributed by atoms with van der Waals surface area (Å²) in [5.41, 5.74) is 2.54. The van der Waals surface area contributed by atoms with Crippen LogP contribution in [-0.4, -0.2) is 41.4 Å². The number of benzene rings is 1. The Morgan fingerprint density at radius 3 is 2.31 bits per heavy atom. The second-order valence-electron chi connectivity index (χ2n) is 6.08. The minimum absolute atomic E-state index is 0.0377. The molecule has 0 saturated carbocycles. The zero-order valence-electron chi connectivity index (χ0n) is 15.3. The summed E-state index contributed by atoms with van der Waals surface area (Å²) in [6, 6.07) is 6.88. The van der Waals surface area contributed by atoms with Gasteiger partial charge in [-0.3, -0.25) is 9.59 Å². The molecule has 1 heterocycles. The maximum atomic E-state index is 12.4. The van der Waals surface area contributed by atoms with E-state index < -0.39 is 11.9 Å². The second kappa shape index (κ2) is 7.86. The number of hydrogen-bond donors (Lipinski definition) is 2. The Balaban J connectivity index is 2.09. The van der Waals surface area contributed by atoms with Crippen LogP contribution >= 0.6 is 0 Å². The molecule has 2 amide bonds. The molecule has 0 saturated heterocycles. The monoisotopic (exact) mass is 358 g/mol. The van der Waals surface area contributed by atoms with Crippen LogP contribution in [0.1, 0.15) is 44.7 Å². The largest absolute Gasteiger partial charge is 0.478 e. The first-order chi connectivity index (χ1) is 12.2. The van der Waals surface area contributed by atoms with Crippen LogP contribution in [0, 0.1) is 13.8 Å². The molecule has 7 nitrogen and oxygen atoms in total. The number of carbonyl (C=O) groups excluding carboxylic acids is 2. The van der Waals surface area contributed by atoms with E-state index in [1.54, 1.807) is 6.92 Å². The molecule has 0 aliphatic heterocycles. The Kier molecular flexibility index (Phi) is 5.82. The van der Waals surface area contributed by atoms with Crippen molar-refractivity contribution >= 4 is 23.5 Å². The van der Waals surface area contributed by atoms with E-state index in [0.29, 0.717) is 6.42 Å². The number of likely N-dealkylation sites (N-methyl/N-ethyl adjacent to an activating group) is 1. The fraction of sp³-hybridized carbons (Fsp3) is 0.316. The molecule has 0 bridgehead atoms. The van der Waals surface area contributed by atoms with Gasteiger partial charge in [-0.1, -0.05) is 25.1 Å². The highest BCUT2D eigenvalue weighted by molar-refractivity contribution is 6.00. The third-order valence-electron chi connectivity index (χ3n) is 4.04. The first-order valence-electron chi connectivity index (χ1n) is 8.22. The van der Waals surface area contributed by atoms with Crippen LogP contribution in [0.2, 0.25) is 0 Å². The molecule has 0 spiro atoms. The van der Waals surface area contributed by atoms with Crippen molar-refractivity contribution in [3.63, 3.8) is 0 Å². The van der Waals surface area contributed by atoms with Gasteiger partial charge in [-0.25, -0.2) is 4.79 Å². The van der Waals surface area contributed by atoms with E-state index >= 15 is 0 Å². The number of aromatic carboxylic acids is 1. The predicted octanol–water partition coefficient (Wildman–Crippen LogP) is 2.87. The molecule has 1 aromatic heterocycles. The number of carboxylic acid groups (broad SMARTS) is 1. The molecule has 0 fully saturated rings. The number of amides is 2. The molecular formula is C19H22N2O5. The zero-order chi connectivity index (χ0) is 19.4. The van der Waals surface area contributed by atoms with E-state index in [1.807, 2.05) is 32.0 Å². The van der Waals surface area contributed by atoms with Crippen molar-refractivity contribution in [2.24, 2.45) is 0 Å². The van der Waals surface area contributed by atoms with E-state index in [2.05, 4.69) is 5.32 Å². The summed E-state index contributed by atoms with van der Waals surface area (Å²) in [6.45, 7) is 5.33. The molecule has 0 aliphatic carbocycles. The highest BCUT2D eigenvalue weighted by Crippen LogP contribution is 2.20. The van der Waals surface area contributed by atoms with Crippen molar-refractivity contribution in [1.82, 2.24) is 4.90 Å². The summed E-state index contributed by atoms with van der Waals surface area (Å²) in [4.78, 5) is 37.1. The standard InChI is InChI=1S/C19H22N2O5/c1-5-14-13(19(24)25)9-15(26-14)18(23)21(4)10-16(22)20-17-11(2)7-6-8-12(17)3/h6-9H,5,10H2,1-4H3,(H,20,22)(H,24,25). The van der Waals surface area contributed by atoms with Crippen LogP contribution in [-0.2, 0) is 11.2 Å². The lowest BCUT2D eigenvalue weighted by molar-refractivity contribution is -0.116. The number of nitrogens with zero attached hydrogens (tertiary/aromatic N) is 1. The van der Waals surface area contributed by atoms with Crippen molar-refractivity contribution in [3.05, 3.63) is 52.5 Å². The van der Waals surface area contributed by atoms with Gasteiger partial charge in [-0.2, -0.15) is 0 Å². The summed E-state index contributed by atoms with van der Waals surface area (Å²) >= 11 is 0. The van der Waals surface area contributed by atoms with E-state index in [0.717, 1.165) is 16.8 Å². The van der Waals surface area contributed by atoms with Crippen LogP contribution in [0.3, 0.4) is 0 Å². The average Bonchev–Trinajstić information content (AvgIpc) is 3.02. The Bertz CT molecular complexity index is 833. The molecule has 2 N–H and O–H groups in total. The van der Waals surface area contributed by atoms with Crippen LogP contribution in [0.4, 0.5) is 5.69 Å². The van der Waals surface area contributed by atoms with Crippen LogP contribution < -0.4 is 5.32 Å². The van der Waals surface area contributed by atoms with Crippen molar-refractivity contribution in [3.8, 4) is 0 Å². The normalized spacial score (nSPS) is 10.5. The molecule has 26 heavy (non-hydrogen) atoms. The number of aryl methyl sites for hydroxylation is 3. The molecule has 0 atom stereocenters. The molecule has 2 rings (SSSR count). The molecule has 1 aromatic carbocycles. The minimum Gasteiger partial charge on any atom is -0.478 e. The third kappa shape index (κ3) is 4.11. The SMILES string of the molecule is CCc1oc(C(=O)N(C)CC(=O)Nc2c(C)cccc2C)cc1C(=O)O. The maximum absolute atomic E-state index is 12.4. The van der Waals surface area contributed by atoms with Gasteiger partial charge in [0.25, 0.3) is 5.91 Å². The average molecular weight is 358 g/mol. The van der Waals surface area contributed by atoms with Gasteiger partial charge in [0.1, 0.15) is 11.3 Å².